The molecule has 0 radical (unpaired) electrons. The Balaban J connectivity index is 3.35. The number of hydrogen-bond donors (Lipinski definition) is 0. The SMILES string of the molecule is CC(C)OC/C=C\CCN(C)C(C)C. The van der Waals surface area contributed by atoms with Crippen LogP contribution in [0.25, 0.3) is 0 Å². The molecule has 0 aliphatic rings. The predicted octanol–water partition coefficient (Wildman–Crippen LogP) is 2.70. The van der Waals surface area contributed by atoms with Gasteiger partial charge in [0.1, 0.15) is 0 Å². The molecule has 0 aliphatic carbocycles. The normalized spacial score (nSPS) is 12.6. The Labute approximate surface area is 88.9 Å². The molecule has 2 heteroatoms. The van der Waals surface area contributed by atoms with Gasteiger partial charge in [0.05, 0.1) is 12.7 Å². The average Bonchev–Trinajstić information content (AvgIpc) is 2.09. The van der Waals surface area contributed by atoms with Gasteiger partial charge in [-0.1, -0.05) is 12.2 Å². The zero-order valence-electron chi connectivity index (χ0n) is 10.3. The second kappa shape index (κ2) is 8.01. The minimum Gasteiger partial charge on any atom is -0.375 e. The van der Waals surface area contributed by atoms with E-state index in [0.717, 1.165) is 19.6 Å². The van der Waals surface area contributed by atoms with Crippen LogP contribution in [0.15, 0.2) is 12.2 Å². The van der Waals surface area contributed by atoms with Gasteiger partial charge in [0, 0.05) is 12.6 Å². The monoisotopic (exact) mass is 199 g/mol. The molecule has 0 amide bonds. The molecule has 0 saturated heterocycles. The topological polar surface area (TPSA) is 12.5 Å². The van der Waals surface area contributed by atoms with Crippen molar-refractivity contribution in [1.29, 1.82) is 0 Å². The lowest BCUT2D eigenvalue weighted by Crippen LogP contribution is -2.26. The molecule has 0 spiro atoms. The van der Waals surface area contributed by atoms with Crippen molar-refractivity contribution in [3.63, 3.8) is 0 Å². The number of nitrogens with zero attached hydrogens (tertiary/aromatic N) is 1. The van der Waals surface area contributed by atoms with Gasteiger partial charge in [-0.2, -0.15) is 0 Å². The van der Waals surface area contributed by atoms with E-state index in [1.165, 1.54) is 0 Å². The van der Waals surface area contributed by atoms with Crippen LogP contribution < -0.4 is 0 Å². The van der Waals surface area contributed by atoms with Crippen molar-refractivity contribution in [2.45, 2.75) is 46.3 Å². The highest BCUT2D eigenvalue weighted by Crippen LogP contribution is 1.96. The summed E-state index contributed by atoms with van der Waals surface area (Å²) in [6.45, 7) is 10.4. The molecule has 0 unspecified atom stereocenters. The van der Waals surface area contributed by atoms with Gasteiger partial charge in [-0.3, -0.25) is 0 Å². The Morgan fingerprint density at radius 3 is 2.29 bits per heavy atom. The highest BCUT2D eigenvalue weighted by atomic mass is 16.5. The second-order valence-electron chi connectivity index (χ2n) is 4.22. The summed E-state index contributed by atoms with van der Waals surface area (Å²) >= 11 is 0. The number of rotatable bonds is 7. The smallest absolute Gasteiger partial charge is 0.0650 e. The summed E-state index contributed by atoms with van der Waals surface area (Å²) in [6, 6.07) is 0.635. The van der Waals surface area contributed by atoms with Crippen molar-refractivity contribution in [2.75, 3.05) is 20.2 Å². The first-order valence-electron chi connectivity index (χ1n) is 5.51. The van der Waals surface area contributed by atoms with E-state index in [0.29, 0.717) is 12.1 Å². The highest BCUT2D eigenvalue weighted by Gasteiger charge is 1.99. The van der Waals surface area contributed by atoms with Crippen molar-refractivity contribution in [1.82, 2.24) is 4.90 Å². The van der Waals surface area contributed by atoms with E-state index in [1.807, 2.05) is 0 Å². The van der Waals surface area contributed by atoms with Gasteiger partial charge in [0.2, 0.25) is 0 Å². The molecule has 14 heavy (non-hydrogen) atoms. The molecule has 2 nitrogen and oxygen atoms in total. The third-order valence-corrected chi connectivity index (χ3v) is 2.22. The van der Waals surface area contributed by atoms with Crippen LogP contribution >= 0.6 is 0 Å². The van der Waals surface area contributed by atoms with Gasteiger partial charge < -0.3 is 9.64 Å². The average molecular weight is 199 g/mol. The van der Waals surface area contributed by atoms with Gasteiger partial charge in [-0.05, 0) is 41.2 Å². The molecule has 0 aliphatic heterocycles. The van der Waals surface area contributed by atoms with Crippen LogP contribution in [-0.2, 0) is 4.74 Å². The molecule has 0 fully saturated rings. The van der Waals surface area contributed by atoms with Crippen LogP contribution in [0.3, 0.4) is 0 Å². The summed E-state index contributed by atoms with van der Waals surface area (Å²) in [5.74, 6) is 0. The Kier molecular flexibility index (Phi) is 7.81. The maximum absolute atomic E-state index is 5.40. The first kappa shape index (κ1) is 13.7. The van der Waals surface area contributed by atoms with Crippen molar-refractivity contribution < 1.29 is 4.74 Å². The van der Waals surface area contributed by atoms with Crippen LogP contribution in [0.5, 0.6) is 0 Å². The van der Waals surface area contributed by atoms with Gasteiger partial charge in [-0.25, -0.2) is 0 Å². The zero-order chi connectivity index (χ0) is 11.0. The Morgan fingerprint density at radius 2 is 1.79 bits per heavy atom. The van der Waals surface area contributed by atoms with Gasteiger partial charge in [0.15, 0.2) is 0 Å². The van der Waals surface area contributed by atoms with E-state index in [1.54, 1.807) is 0 Å². The fraction of sp³-hybridized carbons (Fsp3) is 0.833. The Bertz CT molecular complexity index is 152. The molecule has 0 atom stereocenters. The lowest BCUT2D eigenvalue weighted by atomic mass is 10.3. The minimum absolute atomic E-state index is 0.331. The van der Waals surface area contributed by atoms with E-state index in [2.05, 4.69) is 51.8 Å². The van der Waals surface area contributed by atoms with Crippen LogP contribution in [0.2, 0.25) is 0 Å². The largest absolute Gasteiger partial charge is 0.375 e. The maximum Gasteiger partial charge on any atom is 0.0650 e. The summed E-state index contributed by atoms with van der Waals surface area (Å²) in [6.07, 6.45) is 5.74. The molecule has 84 valence electrons. The Hall–Kier alpha value is -0.340. The molecular weight excluding hydrogens is 174 g/mol. The summed E-state index contributed by atoms with van der Waals surface area (Å²) in [5.41, 5.74) is 0. The maximum atomic E-state index is 5.40. The summed E-state index contributed by atoms with van der Waals surface area (Å²) < 4.78 is 5.40. The van der Waals surface area contributed by atoms with Crippen LogP contribution in [0.4, 0.5) is 0 Å². The molecule has 0 aromatic carbocycles. The van der Waals surface area contributed by atoms with Crippen molar-refractivity contribution in [3.05, 3.63) is 12.2 Å². The van der Waals surface area contributed by atoms with Crippen molar-refractivity contribution in [2.24, 2.45) is 0 Å². The first-order chi connectivity index (χ1) is 6.54. The molecule has 0 N–H and O–H groups in total. The molecule has 0 rings (SSSR count). The summed E-state index contributed by atoms with van der Waals surface area (Å²) in [7, 11) is 2.16. The van der Waals surface area contributed by atoms with E-state index in [-0.39, 0.29) is 0 Å². The summed E-state index contributed by atoms with van der Waals surface area (Å²) in [5, 5.41) is 0. The predicted molar refractivity (Wildman–Crippen MR) is 62.6 cm³/mol. The van der Waals surface area contributed by atoms with Crippen LogP contribution in [0.1, 0.15) is 34.1 Å². The van der Waals surface area contributed by atoms with Gasteiger partial charge in [0.25, 0.3) is 0 Å². The molecular formula is C12H25NO. The van der Waals surface area contributed by atoms with Crippen LogP contribution in [-0.4, -0.2) is 37.2 Å². The number of ether oxygens (including phenoxy) is 1. The molecule has 0 heterocycles. The Morgan fingerprint density at radius 1 is 1.14 bits per heavy atom. The zero-order valence-corrected chi connectivity index (χ0v) is 10.3. The van der Waals surface area contributed by atoms with Crippen molar-refractivity contribution >= 4 is 0 Å². The molecule has 0 aromatic rings. The number of hydrogen-bond acceptors (Lipinski definition) is 2. The standard InChI is InChI=1S/C12H25NO/c1-11(2)13(5)9-7-6-8-10-14-12(3)4/h6,8,11-12H,7,9-10H2,1-5H3/b8-6-. The quantitative estimate of drug-likeness (QED) is 0.585. The van der Waals surface area contributed by atoms with E-state index < -0.39 is 0 Å². The molecule has 0 saturated carbocycles. The van der Waals surface area contributed by atoms with Gasteiger partial charge >= 0.3 is 0 Å². The minimum atomic E-state index is 0.331. The first-order valence-corrected chi connectivity index (χ1v) is 5.51. The van der Waals surface area contributed by atoms with E-state index >= 15 is 0 Å². The highest BCUT2D eigenvalue weighted by molar-refractivity contribution is 4.82. The summed E-state index contributed by atoms with van der Waals surface area (Å²) in [4.78, 5) is 2.34. The van der Waals surface area contributed by atoms with Crippen molar-refractivity contribution in [3.8, 4) is 0 Å². The lowest BCUT2D eigenvalue weighted by molar-refractivity contribution is 0.102. The van der Waals surface area contributed by atoms with E-state index in [4.69, 9.17) is 4.74 Å². The van der Waals surface area contributed by atoms with Gasteiger partial charge in [-0.15, -0.1) is 0 Å². The molecule has 0 aromatic heterocycles. The lowest BCUT2D eigenvalue weighted by Gasteiger charge is -2.19. The van der Waals surface area contributed by atoms with E-state index in [9.17, 15) is 0 Å². The fourth-order valence-corrected chi connectivity index (χ4v) is 0.970. The third-order valence-electron chi connectivity index (χ3n) is 2.22. The van der Waals surface area contributed by atoms with Crippen LogP contribution in [0, 0.1) is 0 Å². The third kappa shape index (κ3) is 8.27. The molecule has 0 bridgehead atoms. The fourth-order valence-electron chi connectivity index (χ4n) is 0.970. The second-order valence-corrected chi connectivity index (χ2v) is 4.22.